The molecule has 0 aliphatic rings. The van der Waals surface area contributed by atoms with Crippen molar-refractivity contribution in [2.75, 3.05) is 12.4 Å². The van der Waals surface area contributed by atoms with E-state index in [1.807, 2.05) is 13.0 Å². The first-order chi connectivity index (χ1) is 15.4. The van der Waals surface area contributed by atoms with E-state index < -0.39 is 12.5 Å². The van der Waals surface area contributed by atoms with Gasteiger partial charge >= 0.3 is 6.61 Å². The minimum absolute atomic E-state index is 0.0244. The third-order valence-corrected chi connectivity index (χ3v) is 4.82. The number of carbonyl (C=O) groups excluding carboxylic acids is 1. The van der Waals surface area contributed by atoms with E-state index in [9.17, 15) is 13.6 Å². The monoisotopic (exact) mass is 439 g/mol. The number of nitrogens with one attached hydrogen (secondary N) is 1. The van der Waals surface area contributed by atoms with E-state index in [-0.39, 0.29) is 17.0 Å². The van der Waals surface area contributed by atoms with Crippen molar-refractivity contribution >= 4 is 22.7 Å². The van der Waals surface area contributed by atoms with Crippen molar-refractivity contribution in [3.63, 3.8) is 0 Å². The van der Waals surface area contributed by atoms with Crippen molar-refractivity contribution in [1.82, 2.24) is 10.1 Å². The van der Waals surface area contributed by atoms with E-state index in [1.165, 1.54) is 19.2 Å². The Bertz CT molecular complexity index is 1300. The number of rotatable bonds is 6. The van der Waals surface area contributed by atoms with Gasteiger partial charge in [0.25, 0.3) is 11.6 Å². The topological polar surface area (TPSA) is 86.5 Å². The molecule has 9 heteroatoms. The van der Waals surface area contributed by atoms with Crippen molar-refractivity contribution in [3.8, 4) is 22.8 Å². The van der Waals surface area contributed by atoms with Crippen LogP contribution < -0.4 is 14.8 Å². The molecule has 0 saturated heterocycles. The number of aromatic nitrogens is 2. The van der Waals surface area contributed by atoms with Gasteiger partial charge in [0.1, 0.15) is 11.5 Å². The number of amides is 1. The zero-order valence-electron chi connectivity index (χ0n) is 17.5. The molecule has 2 aromatic heterocycles. The molecule has 32 heavy (non-hydrogen) atoms. The highest BCUT2D eigenvalue weighted by molar-refractivity contribution is 6.13. The molecule has 2 heterocycles. The Labute approximate surface area is 182 Å². The second kappa shape index (κ2) is 8.62. The molecule has 1 N–H and O–H groups in total. The molecular formula is C23H19F2N3O4. The standard InChI is InChI=1S/C23H19F2N3O4/c1-12-7-8-19(30-3)18(9-12)26-21(29)16-11-17(27-22-20(16)13(2)28-32-22)14-5-4-6-15(10-14)31-23(24)25/h4-11,23H,1-3H3,(H,26,29). The summed E-state index contributed by atoms with van der Waals surface area (Å²) in [6.07, 6.45) is 0. The summed E-state index contributed by atoms with van der Waals surface area (Å²) in [6.45, 7) is 0.647. The van der Waals surface area contributed by atoms with Gasteiger partial charge in [-0.1, -0.05) is 23.4 Å². The third-order valence-electron chi connectivity index (χ3n) is 4.82. The van der Waals surface area contributed by atoms with Crippen LogP contribution in [-0.4, -0.2) is 29.8 Å². The quantitative estimate of drug-likeness (QED) is 0.435. The number of nitrogens with zero attached hydrogens (tertiary/aromatic N) is 2. The largest absolute Gasteiger partial charge is 0.495 e. The second-order valence-corrected chi connectivity index (χ2v) is 7.07. The average molecular weight is 439 g/mol. The van der Waals surface area contributed by atoms with Gasteiger partial charge in [0, 0.05) is 5.56 Å². The lowest BCUT2D eigenvalue weighted by Crippen LogP contribution is -2.14. The number of hydrogen-bond donors (Lipinski definition) is 1. The Morgan fingerprint density at radius 3 is 2.69 bits per heavy atom. The summed E-state index contributed by atoms with van der Waals surface area (Å²) in [7, 11) is 1.52. The predicted octanol–water partition coefficient (Wildman–Crippen LogP) is 5.37. The maximum Gasteiger partial charge on any atom is 0.387 e. The van der Waals surface area contributed by atoms with Crippen molar-refractivity contribution in [1.29, 1.82) is 0 Å². The number of benzene rings is 2. The van der Waals surface area contributed by atoms with Crippen LogP contribution in [0.3, 0.4) is 0 Å². The smallest absolute Gasteiger partial charge is 0.387 e. The molecule has 0 spiro atoms. The maximum atomic E-state index is 13.3. The van der Waals surface area contributed by atoms with Crippen LogP contribution in [0.5, 0.6) is 11.5 Å². The highest BCUT2D eigenvalue weighted by atomic mass is 19.3. The zero-order chi connectivity index (χ0) is 22.8. The number of carbonyl (C=O) groups is 1. The van der Waals surface area contributed by atoms with Gasteiger partial charge in [-0.2, -0.15) is 8.78 Å². The number of halogens is 2. The number of hydrogen-bond acceptors (Lipinski definition) is 6. The van der Waals surface area contributed by atoms with Crippen LogP contribution in [0.25, 0.3) is 22.4 Å². The lowest BCUT2D eigenvalue weighted by Gasteiger charge is -2.12. The van der Waals surface area contributed by atoms with E-state index in [1.54, 1.807) is 37.3 Å². The van der Waals surface area contributed by atoms with Gasteiger partial charge in [-0.05, 0) is 49.7 Å². The first-order valence-corrected chi connectivity index (χ1v) is 9.64. The Morgan fingerprint density at radius 2 is 1.94 bits per heavy atom. The number of pyridine rings is 1. The number of fused-ring (bicyclic) bond motifs is 1. The highest BCUT2D eigenvalue weighted by Gasteiger charge is 2.21. The molecule has 0 atom stereocenters. The molecule has 2 aromatic carbocycles. The number of methoxy groups -OCH3 is 1. The summed E-state index contributed by atoms with van der Waals surface area (Å²) in [5.41, 5.74) is 3.18. The number of aryl methyl sites for hydroxylation is 2. The van der Waals surface area contributed by atoms with Crippen LogP contribution in [0, 0.1) is 13.8 Å². The lowest BCUT2D eigenvalue weighted by molar-refractivity contribution is -0.0498. The van der Waals surface area contributed by atoms with Crippen molar-refractivity contribution < 1.29 is 27.6 Å². The molecular weight excluding hydrogens is 420 g/mol. The summed E-state index contributed by atoms with van der Waals surface area (Å²) < 4.78 is 40.3. The number of alkyl halides is 2. The first kappa shape index (κ1) is 21.2. The van der Waals surface area contributed by atoms with E-state index in [2.05, 4.69) is 20.2 Å². The summed E-state index contributed by atoms with van der Waals surface area (Å²) in [4.78, 5) is 17.7. The van der Waals surface area contributed by atoms with E-state index >= 15 is 0 Å². The number of anilines is 1. The minimum Gasteiger partial charge on any atom is -0.495 e. The molecule has 4 rings (SSSR count). The van der Waals surface area contributed by atoms with Gasteiger partial charge in [-0.15, -0.1) is 0 Å². The summed E-state index contributed by atoms with van der Waals surface area (Å²) in [5, 5.41) is 7.23. The van der Waals surface area contributed by atoms with Crippen LogP contribution in [0.2, 0.25) is 0 Å². The highest BCUT2D eigenvalue weighted by Crippen LogP contribution is 2.31. The molecule has 0 bridgehead atoms. The molecule has 1 amide bonds. The van der Waals surface area contributed by atoms with E-state index in [0.29, 0.717) is 33.8 Å². The van der Waals surface area contributed by atoms with Crippen LogP contribution in [0.1, 0.15) is 21.6 Å². The molecule has 0 radical (unpaired) electrons. The fourth-order valence-electron chi connectivity index (χ4n) is 3.36. The van der Waals surface area contributed by atoms with Gasteiger partial charge in [-0.25, -0.2) is 4.98 Å². The lowest BCUT2D eigenvalue weighted by atomic mass is 10.0. The minimum atomic E-state index is -2.96. The number of ether oxygens (including phenoxy) is 2. The van der Waals surface area contributed by atoms with Crippen LogP contribution in [-0.2, 0) is 0 Å². The Hall–Kier alpha value is -4.01. The Morgan fingerprint density at radius 1 is 1.12 bits per heavy atom. The molecule has 0 aliphatic heterocycles. The van der Waals surface area contributed by atoms with E-state index in [4.69, 9.17) is 9.26 Å². The van der Waals surface area contributed by atoms with Gasteiger partial charge in [0.15, 0.2) is 0 Å². The summed E-state index contributed by atoms with van der Waals surface area (Å²) in [5.74, 6) is 0.0610. The maximum absolute atomic E-state index is 13.3. The van der Waals surface area contributed by atoms with Gasteiger partial charge in [-0.3, -0.25) is 4.79 Å². The van der Waals surface area contributed by atoms with Crippen LogP contribution in [0.4, 0.5) is 14.5 Å². The van der Waals surface area contributed by atoms with Crippen molar-refractivity contribution in [2.24, 2.45) is 0 Å². The molecule has 0 fully saturated rings. The fourth-order valence-corrected chi connectivity index (χ4v) is 3.36. The molecule has 0 unspecified atom stereocenters. The summed E-state index contributed by atoms with van der Waals surface area (Å²) in [6, 6.07) is 13.0. The second-order valence-electron chi connectivity index (χ2n) is 7.07. The molecule has 4 aromatic rings. The molecule has 0 aliphatic carbocycles. The SMILES string of the molecule is COc1ccc(C)cc1NC(=O)c1cc(-c2cccc(OC(F)F)c2)nc2onc(C)c12. The fraction of sp³-hybridized carbons (Fsp3) is 0.174. The van der Waals surface area contributed by atoms with Gasteiger partial charge in [0.2, 0.25) is 0 Å². The van der Waals surface area contributed by atoms with Crippen molar-refractivity contribution in [2.45, 2.75) is 20.5 Å². The predicted molar refractivity (Wildman–Crippen MR) is 114 cm³/mol. The Balaban J connectivity index is 1.79. The van der Waals surface area contributed by atoms with Crippen molar-refractivity contribution in [3.05, 3.63) is 65.4 Å². The van der Waals surface area contributed by atoms with Crippen LogP contribution in [0.15, 0.2) is 53.1 Å². The van der Waals surface area contributed by atoms with Gasteiger partial charge in [0.05, 0.1) is 35.1 Å². The average Bonchev–Trinajstić information content (AvgIpc) is 3.14. The zero-order valence-corrected chi connectivity index (χ0v) is 17.5. The third kappa shape index (κ3) is 4.22. The molecule has 164 valence electrons. The summed E-state index contributed by atoms with van der Waals surface area (Å²) >= 11 is 0. The first-order valence-electron chi connectivity index (χ1n) is 9.64. The van der Waals surface area contributed by atoms with E-state index in [0.717, 1.165) is 5.56 Å². The normalized spacial score (nSPS) is 11.1. The van der Waals surface area contributed by atoms with Gasteiger partial charge < -0.3 is 19.3 Å². The van der Waals surface area contributed by atoms with Crippen LogP contribution >= 0.6 is 0 Å². The molecule has 0 saturated carbocycles. The Kier molecular flexibility index (Phi) is 5.72. The molecule has 7 nitrogen and oxygen atoms in total.